The van der Waals surface area contributed by atoms with Crippen LogP contribution in [0.1, 0.15) is 6.92 Å². The molecule has 0 aliphatic carbocycles. The van der Waals surface area contributed by atoms with Crippen molar-refractivity contribution in [2.75, 3.05) is 0 Å². The molecule has 0 aliphatic heterocycles. The predicted octanol–water partition coefficient (Wildman–Crippen LogP) is 0.713. The van der Waals surface area contributed by atoms with Crippen LogP contribution in [0.4, 0.5) is 0 Å². The van der Waals surface area contributed by atoms with Gasteiger partial charge in [0.05, 0.1) is 5.97 Å². The molecule has 0 N–H and O–H groups in total. The first-order valence-electron chi connectivity index (χ1n) is 5.42. The number of benzene rings is 1. The van der Waals surface area contributed by atoms with E-state index in [9.17, 15) is 9.90 Å². The molecule has 0 aliphatic rings. The number of aliphatic carboxylic acids is 1. The van der Waals surface area contributed by atoms with Crippen molar-refractivity contribution in [1.29, 1.82) is 0 Å². The lowest BCUT2D eigenvalue weighted by Crippen LogP contribution is -2.31. The lowest BCUT2D eigenvalue weighted by Gasteiger charge is -2.11. The van der Waals surface area contributed by atoms with Crippen LogP contribution in [0.5, 0.6) is 0 Å². The molecular weight excluding hydrogens is 250 g/mol. The molecule has 2 aromatic rings. The molecule has 2 rings (SSSR count). The molecule has 1 atom stereocenters. The first-order valence-corrected chi connectivity index (χ1v) is 6.30. The van der Waals surface area contributed by atoms with Gasteiger partial charge in [0.15, 0.2) is 11.0 Å². The van der Waals surface area contributed by atoms with Crippen molar-refractivity contribution in [1.82, 2.24) is 14.8 Å². The summed E-state index contributed by atoms with van der Waals surface area (Å²) in [6.07, 6.45) is 0. The van der Waals surface area contributed by atoms with Crippen molar-refractivity contribution in [2.45, 2.75) is 17.3 Å². The summed E-state index contributed by atoms with van der Waals surface area (Å²) in [7, 11) is 1.81. The molecule has 1 aromatic heterocycles. The van der Waals surface area contributed by atoms with Crippen LogP contribution < -0.4 is 5.11 Å². The Bertz CT molecular complexity index is 554. The van der Waals surface area contributed by atoms with Gasteiger partial charge in [-0.15, -0.1) is 10.2 Å². The van der Waals surface area contributed by atoms with Crippen molar-refractivity contribution in [2.24, 2.45) is 7.05 Å². The first-order chi connectivity index (χ1) is 8.59. The summed E-state index contributed by atoms with van der Waals surface area (Å²) >= 11 is 1.12. The summed E-state index contributed by atoms with van der Waals surface area (Å²) in [4.78, 5) is 10.7. The highest BCUT2D eigenvalue weighted by molar-refractivity contribution is 8.00. The van der Waals surface area contributed by atoms with E-state index in [1.54, 1.807) is 11.5 Å². The molecule has 0 amide bonds. The van der Waals surface area contributed by atoms with Crippen molar-refractivity contribution in [3.05, 3.63) is 30.3 Å². The summed E-state index contributed by atoms with van der Waals surface area (Å²) in [5.74, 6) is -0.395. The second-order valence-corrected chi connectivity index (χ2v) is 5.12. The molecule has 0 bridgehead atoms. The molecule has 6 heteroatoms. The van der Waals surface area contributed by atoms with Crippen LogP contribution in [0.3, 0.4) is 0 Å². The van der Waals surface area contributed by atoms with Gasteiger partial charge in [0.25, 0.3) is 0 Å². The molecule has 0 fully saturated rings. The van der Waals surface area contributed by atoms with Crippen LogP contribution in [0.15, 0.2) is 35.5 Å². The third-order valence-electron chi connectivity index (χ3n) is 2.48. The smallest absolute Gasteiger partial charge is 0.191 e. The molecule has 1 aromatic carbocycles. The third kappa shape index (κ3) is 2.53. The number of carbonyl (C=O) groups is 1. The van der Waals surface area contributed by atoms with Crippen molar-refractivity contribution >= 4 is 17.7 Å². The van der Waals surface area contributed by atoms with Gasteiger partial charge >= 0.3 is 0 Å². The van der Waals surface area contributed by atoms with Crippen LogP contribution in [-0.4, -0.2) is 26.0 Å². The van der Waals surface area contributed by atoms with Crippen LogP contribution in [-0.2, 0) is 11.8 Å². The molecule has 0 saturated heterocycles. The van der Waals surface area contributed by atoms with E-state index < -0.39 is 11.2 Å². The van der Waals surface area contributed by atoms with E-state index in [4.69, 9.17) is 0 Å². The fourth-order valence-corrected chi connectivity index (χ4v) is 2.21. The normalized spacial score (nSPS) is 12.3. The highest BCUT2D eigenvalue weighted by Gasteiger charge is 2.14. The van der Waals surface area contributed by atoms with Crippen LogP contribution in [0.2, 0.25) is 0 Å². The molecule has 0 spiro atoms. The number of rotatable bonds is 4. The van der Waals surface area contributed by atoms with Gasteiger partial charge in [0.1, 0.15) is 0 Å². The Morgan fingerprint density at radius 2 is 2.00 bits per heavy atom. The number of nitrogens with zero attached hydrogens (tertiary/aromatic N) is 3. The number of carboxylic acids is 1. The Balaban J connectivity index is 2.27. The molecule has 18 heavy (non-hydrogen) atoms. The van der Waals surface area contributed by atoms with E-state index in [1.807, 2.05) is 37.4 Å². The van der Waals surface area contributed by atoms with Crippen LogP contribution in [0, 0.1) is 0 Å². The van der Waals surface area contributed by atoms with E-state index >= 15 is 0 Å². The zero-order valence-corrected chi connectivity index (χ0v) is 10.8. The monoisotopic (exact) mass is 262 g/mol. The zero-order valence-electron chi connectivity index (χ0n) is 10.0. The van der Waals surface area contributed by atoms with Crippen molar-refractivity contribution in [3.8, 4) is 11.4 Å². The fraction of sp³-hybridized carbons (Fsp3) is 0.250. The maximum absolute atomic E-state index is 10.7. The second kappa shape index (κ2) is 5.22. The average molecular weight is 262 g/mol. The van der Waals surface area contributed by atoms with E-state index in [0.29, 0.717) is 11.0 Å². The van der Waals surface area contributed by atoms with Gasteiger partial charge in [-0.2, -0.15) is 0 Å². The topological polar surface area (TPSA) is 70.8 Å². The minimum absolute atomic E-state index is 0.561. The van der Waals surface area contributed by atoms with Gasteiger partial charge < -0.3 is 14.5 Å². The molecule has 94 valence electrons. The Labute approximate surface area is 109 Å². The number of carboxylic acid groups (broad SMARTS) is 1. The van der Waals surface area contributed by atoms with E-state index in [2.05, 4.69) is 10.2 Å². The quantitative estimate of drug-likeness (QED) is 0.759. The summed E-state index contributed by atoms with van der Waals surface area (Å²) in [6.45, 7) is 1.57. The Hall–Kier alpha value is -1.82. The van der Waals surface area contributed by atoms with Gasteiger partial charge in [0.2, 0.25) is 0 Å². The van der Waals surface area contributed by atoms with Gasteiger partial charge in [0, 0.05) is 17.9 Å². The predicted molar refractivity (Wildman–Crippen MR) is 66.8 cm³/mol. The Morgan fingerprint density at radius 3 is 2.61 bits per heavy atom. The summed E-state index contributed by atoms with van der Waals surface area (Å²) in [5, 5.41) is 18.7. The Morgan fingerprint density at radius 1 is 1.33 bits per heavy atom. The fourth-order valence-electron chi connectivity index (χ4n) is 1.46. The number of thioether (sulfide) groups is 1. The van der Waals surface area contributed by atoms with Crippen molar-refractivity contribution in [3.63, 3.8) is 0 Å². The molecule has 0 unspecified atom stereocenters. The standard InChI is InChI=1S/C12H13N3O2S/c1-8(11(16)17)18-12-14-13-10(15(12)2)9-6-4-3-5-7-9/h3-8H,1-2H3,(H,16,17)/p-1/t8-/m1/s1. The lowest BCUT2D eigenvalue weighted by atomic mass is 10.2. The number of aromatic nitrogens is 3. The number of hydrogen-bond acceptors (Lipinski definition) is 5. The maximum Gasteiger partial charge on any atom is 0.191 e. The largest absolute Gasteiger partial charge is 0.549 e. The number of carbonyl (C=O) groups excluding carboxylic acids is 1. The molecule has 1 heterocycles. The SMILES string of the molecule is C[C@@H](Sc1nnc(-c2ccccc2)n1C)C(=O)[O-]. The van der Waals surface area contributed by atoms with Crippen molar-refractivity contribution < 1.29 is 9.90 Å². The Kier molecular flexibility index (Phi) is 3.66. The van der Waals surface area contributed by atoms with Crippen LogP contribution >= 0.6 is 11.8 Å². The maximum atomic E-state index is 10.7. The second-order valence-electron chi connectivity index (χ2n) is 3.81. The zero-order chi connectivity index (χ0) is 13.1. The minimum Gasteiger partial charge on any atom is -0.549 e. The summed E-state index contributed by atoms with van der Waals surface area (Å²) in [6, 6.07) is 9.62. The average Bonchev–Trinajstić information content (AvgIpc) is 2.72. The van der Waals surface area contributed by atoms with Gasteiger partial charge in [-0.1, -0.05) is 42.1 Å². The molecular formula is C12H12N3O2S-. The summed E-state index contributed by atoms with van der Waals surface area (Å²) < 4.78 is 1.78. The molecule has 5 nitrogen and oxygen atoms in total. The van der Waals surface area contributed by atoms with E-state index in [0.717, 1.165) is 17.3 Å². The highest BCUT2D eigenvalue weighted by atomic mass is 32.2. The van der Waals surface area contributed by atoms with Crippen LogP contribution in [0.25, 0.3) is 11.4 Å². The highest BCUT2D eigenvalue weighted by Crippen LogP contribution is 2.24. The number of hydrogen-bond donors (Lipinski definition) is 0. The van der Waals surface area contributed by atoms with E-state index in [-0.39, 0.29) is 0 Å². The lowest BCUT2D eigenvalue weighted by molar-refractivity contribution is -0.304. The van der Waals surface area contributed by atoms with Gasteiger partial charge in [-0.05, 0) is 6.92 Å². The van der Waals surface area contributed by atoms with E-state index in [1.165, 1.54) is 0 Å². The first kappa shape index (κ1) is 12.6. The van der Waals surface area contributed by atoms with Gasteiger partial charge in [-0.25, -0.2) is 0 Å². The third-order valence-corrected chi connectivity index (χ3v) is 3.59. The van der Waals surface area contributed by atoms with Gasteiger partial charge in [-0.3, -0.25) is 0 Å². The summed E-state index contributed by atoms with van der Waals surface area (Å²) in [5.41, 5.74) is 0.945. The molecule has 0 radical (unpaired) electrons. The molecule has 0 saturated carbocycles. The minimum atomic E-state index is -1.11.